The van der Waals surface area contributed by atoms with Crippen LogP contribution in [0.2, 0.25) is 0 Å². The Hall–Kier alpha value is -2.46. The lowest BCUT2D eigenvalue weighted by atomic mass is 10.2. The molecule has 1 fully saturated rings. The fourth-order valence-electron chi connectivity index (χ4n) is 2.22. The third-order valence-corrected chi connectivity index (χ3v) is 4.20. The SMILES string of the molecule is N#Cc1ccc(C(=O)N2CCN(c3nccs3)CC2)nc1. The average molecular weight is 299 g/mol. The van der Waals surface area contributed by atoms with Gasteiger partial charge in [-0.25, -0.2) is 9.97 Å². The van der Waals surface area contributed by atoms with Gasteiger partial charge in [-0.1, -0.05) is 0 Å². The van der Waals surface area contributed by atoms with Gasteiger partial charge in [0.15, 0.2) is 5.13 Å². The van der Waals surface area contributed by atoms with Crippen LogP contribution < -0.4 is 4.90 Å². The number of nitrogens with zero attached hydrogens (tertiary/aromatic N) is 5. The maximum atomic E-state index is 12.3. The molecule has 2 aromatic rings. The monoisotopic (exact) mass is 299 g/mol. The van der Waals surface area contributed by atoms with Gasteiger partial charge in [-0.05, 0) is 12.1 Å². The van der Waals surface area contributed by atoms with Crippen molar-refractivity contribution in [1.29, 1.82) is 5.26 Å². The van der Waals surface area contributed by atoms with Crippen molar-refractivity contribution < 1.29 is 4.79 Å². The van der Waals surface area contributed by atoms with Crippen molar-refractivity contribution in [1.82, 2.24) is 14.9 Å². The molecule has 0 aromatic carbocycles. The van der Waals surface area contributed by atoms with Crippen LogP contribution in [0.15, 0.2) is 29.9 Å². The van der Waals surface area contributed by atoms with Crippen LogP contribution >= 0.6 is 11.3 Å². The molecule has 3 heterocycles. The van der Waals surface area contributed by atoms with Crippen molar-refractivity contribution in [2.45, 2.75) is 0 Å². The molecule has 106 valence electrons. The highest BCUT2D eigenvalue weighted by atomic mass is 32.1. The van der Waals surface area contributed by atoms with Crippen molar-refractivity contribution >= 4 is 22.4 Å². The molecule has 1 saturated heterocycles. The summed E-state index contributed by atoms with van der Waals surface area (Å²) in [7, 11) is 0. The number of thiazole rings is 1. The molecule has 0 spiro atoms. The fourth-order valence-corrected chi connectivity index (χ4v) is 2.92. The van der Waals surface area contributed by atoms with Gasteiger partial charge < -0.3 is 9.80 Å². The van der Waals surface area contributed by atoms with Gasteiger partial charge in [0.1, 0.15) is 11.8 Å². The lowest BCUT2D eigenvalue weighted by Crippen LogP contribution is -2.49. The van der Waals surface area contributed by atoms with Crippen molar-refractivity contribution in [3.05, 3.63) is 41.2 Å². The molecule has 0 saturated carbocycles. The van der Waals surface area contributed by atoms with Crippen LogP contribution in [0.3, 0.4) is 0 Å². The van der Waals surface area contributed by atoms with E-state index in [4.69, 9.17) is 5.26 Å². The topological polar surface area (TPSA) is 73.1 Å². The van der Waals surface area contributed by atoms with Crippen LogP contribution in [0.1, 0.15) is 16.1 Å². The molecule has 0 bridgehead atoms. The number of nitriles is 1. The number of amides is 1. The summed E-state index contributed by atoms with van der Waals surface area (Å²) in [6, 6.07) is 5.22. The molecule has 21 heavy (non-hydrogen) atoms. The molecular weight excluding hydrogens is 286 g/mol. The summed E-state index contributed by atoms with van der Waals surface area (Å²) in [6.45, 7) is 2.85. The predicted octanol–water partition coefficient (Wildman–Crippen LogP) is 1.37. The number of pyridine rings is 1. The van der Waals surface area contributed by atoms with Crippen LogP contribution in [0.25, 0.3) is 0 Å². The first-order valence-corrected chi connectivity index (χ1v) is 7.46. The molecule has 0 atom stereocenters. The average Bonchev–Trinajstić information content (AvgIpc) is 3.09. The number of aromatic nitrogens is 2. The molecular formula is C14H13N5OS. The van der Waals surface area contributed by atoms with E-state index in [-0.39, 0.29) is 5.91 Å². The van der Waals surface area contributed by atoms with Crippen LogP contribution in [0, 0.1) is 11.3 Å². The van der Waals surface area contributed by atoms with E-state index in [2.05, 4.69) is 14.9 Å². The summed E-state index contributed by atoms with van der Waals surface area (Å²) in [6.07, 6.45) is 3.22. The number of hydrogen-bond donors (Lipinski definition) is 0. The van der Waals surface area contributed by atoms with E-state index in [1.54, 1.807) is 34.6 Å². The second-order valence-corrected chi connectivity index (χ2v) is 5.51. The van der Waals surface area contributed by atoms with Crippen LogP contribution in [-0.4, -0.2) is 47.0 Å². The quantitative estimate of drug-likeness (QED) is 0.837. The number of piperazine rings is 1. The summed E-state index contributed by atoms with van der Waals surface area (Å²) >= 11 is 1.61. The van der Waals surface area contributed by atoms with Gasteiger partial charge in [-0.3, -0.25) is 4.79 Å². The molecule has 3 rings (SSSR count). The summed E-state index contributed by atoms with van der Waals surface area (Å²) in [5.74, 6) is -0.0849. The Labute approximate surface area is 126 Å². The summed E-state index contributed by atoms with van der Waals surface area (Å²) in [5, 5.41) is 11.7. The first kappa shape index (κ1) is 13.5. The van der Waals surface area contributed by atoms with Gasteiger partial charge in [0.2, 0.25) is 0 Å². The highest BCUT2D eigenvalue weighted by molar-refractivity contribution is 7.13. The zero-order valence-corrected chi connectivity index (χ0v) is 12.1. The molecule has 1 amide bonds. The highest BCUT2D eigenvalue weighted by Crippen LogP contribution is 2.19. The van der Waals surface area contributed by atoms with E-state index in [9.17, 15) is 4.79 Å². The minimum Gasteiger partial charge on any atom is -0.345 e. The fraction of sp³-hybridized carbons (Fsp3) is 0.286. The molecule has 0 radical (unpaired) electrons. The van der Waals surface area contributed by atoms with Gasteiger partial charge in [-0.2, -0.15) is 5.26 Å². The largest absolute Gasteiger partial charge is 0.345 e. The van der Waals surface area contributed by atoms with Crippen LogP contribution in [-0.2, 0) is 0 Å². The Bertz CT molecular complexity index is 654. The lowest BCUT2D eigenvalue weighted by Gasteiger charge is -2.34. The van der Waals surface area contributed by atoms with Gasteiger partial charge in [0, 0.05) is 44.0 Å². The summed E-state index contributed by atoms with van der Waals surface area (Å²) < 4.78 is 0. The van der Waals surface area contributed by atoms with E-state index in [1.165, 1.54) is 6.20 Å². The molecule has 0 N–H and O–H groups in total. The summed E-state index contributed by atoms with van der Waals surface area (Å²) in [4.78, 5) is 24.7. The Kier molecular flexibility index (Phi) is 3.79. The maximum Gasteiger partial charge on any atom is 0.272 e. The first-order valence-electron chi connectivity index (χ1n) is 6.58. The number of anilines is 1. The second kappa shape index (κ2) is 5.89. The number of rotatable bonds is 2. The number of carbonyl (C=O) groups excluding carboxylic acids is 1. The predicted molar refractivity (Wildman–Crippen MR) is 79.2 cm³/mol. The molecule has 7 heteroatoms. The number of carbonyl (C=O) groups is 1. The Balaban J connectivity index is 1.63. The maximum absolute atomic E-state index is 12.3. The third kappa shape index (κ3) is 2.85. The van der Waals surface area contributed by atoms with E-state index >= 15 is 0 Å². The van der Waals surface area contributed by atoms with Gasteiger partial charge in [0.25, 0.3) is 5.91 Å². The molecule has 2 aromatic heterocycles. The van der Waals surface area contributed by atoms with Crippen LogP contribution in [0.5, 0.6) is 0 Å². The first-order chi connectivity index (χ1) is 10.3. The highest BCUT2D eigenvalue weighted by Gasteiger charge is 2.23. The van der Waals surface area contributed by atoms with Crippen LogP contribution in [0.4, 0.5) is 5.13 Å². The van der Waals surface area contributed by atoms with E-state index < -0.39 is 0 Å². The van der Waals surface area contributed by atoms with E-state index in [1.807, 2.05) is 11.4 Å². The zero-order chi connectivity index (χ0) is 14.7. The lowest BCUT2D eigenvalue weighted by molar-refractivity contribution is 0.0741. The third-order valence-electron chi connectivity index (χ3n) is 3.37. The second-order valence-electron chi connectivity index (χ2n) is 4.64. The van der Waals surface area contributed by atoms with Crippen molar-refractivity contribution in [3.63, 3.8) is 0 Å². The minimum atomic E-state index is -0.0849. The number of hydrogen-bond acceptors (Lipinski definition) is 6. The van der Waals surface area contributed by atoms with Gasteiger partial charge in [0.05, 0.1) is 5.56 Å². The molecule has 1 aliphatic heterocycles. The van der Waals surface area contributed by atoms with Gasteiger partial charge >= 0.3 is 0 Å². The standard InChI is InChI=1S/C14H13N5OS/c15-9-11-1-2-12(17-10-11)13(20)18-4-6-19(7-5-18)14-16-3-8-21-14/h1-3,8,10H,4-7H2. The van der Waals surface area contributed by atoms with Crippen molar-refractivity contribution in [3.8, 4) is 6.07 Å². The normalized spacial score (nSPS) is 14.8. The molecule has 6 nitrogen and oxygen atoms in total. The Morgan fingerprint density at radius 1 is 1.24 bits per heavy atom. The Morgan fingerprint density at radius 2 is 2.05 bits per heavy atom. The van der Waals surface area contributed by atoms with E-state index in [0.29, 0.717) is 24.3 Å². The van der Waals surface area contributed by atoms with Crippen molar-refractivity contribution in [2.24, 2.45) is 0 Å². The Morgan fingerprint density at radius 3 is 2.62 bits per heavy atom. The molecule has 1 aliphatic rings. The minimum absolute atomic E-state index is 0.0849. The van der Waals surface area contributed by atoms with E-state index in [0.717, 1.165) is 18.2 Å². The van der Waals surface area contributed by atoms with Gasteiger partial charge in [-0.15, -0.1) is 11.3 Å². The van der Waals surface area contributed by atoms with Crippen molar-refractivity contribution in [2.75, 3.05) is 31.1 Å². The smallest absolute Gasteiger partial charge is 0.272 e. The zero-order valence-electron chi connectivity index (χ0n) is 11.3. The molecule has 0 aliphatic carbocycles. The summed E-state index contributed by atoms with van der Waals surface area (Å²) in [5.41, 5.74) is 0.844. The molecule has 0 unspecified atom stereocenters.